The maximum absolute atomic E-state index is 12.6. The van der Waals surface area contributed by atoms with Crippen LogP contribution in [0.25, 0.3) is 0 Å². The molecule has 2 N–H and O–H groups in total. The molecule has 20 heavy (non-hydrogen) atoms. The number of carbonyl (C=O) groups excluding carboxylic acids is 1. The Balaban J connectivity index is 0.00000200. The molecular weight excluding hydrogens is 340 g/mol. The van der Waals surface area contributed by atoms with E-state index in [4.69, 9.17) is 5.73 Å². The number of amides is 1. The summed E-state index contributed by atoms with van der Waals surface area (Å²) in [6, 6.07) is 7.65. The van der Waals surface area contributed by atoms with E-state index in [9.17, 15) is 4.79 Å². The van der Waals surface area contributed by atoms with E-state index >= 15 is 0 Å². The van der Waals surface area contributed by atoms with Gasteiger partial charge in [0, 0.05) is 17.6 Å². The highest BCUT2D eigenvalue weighted by Gasteiger charge is 2.39. The molecule has 0 radical (unpaired) electrons. The fourth-order valence-electron chi connectivity index (χ4n) is 2.53. The van der Waals surface area contributed by atoms with Crippen molar-refractivity contribution < 1.29 is 4.79 Å². The Bertz CT molecular complexity index is 485. The molecule has 1 aromatic carbocycles. The van der Waals surface area contributed by atoms with Gasteiger partial charge in [-0.2, -0.15) is 0 Å². The summed E-state index contributed by atoms with van der Waals surface area (Å²) in [7, 11) is 0. The number of likely N-dealkylation sites (tertiary alicyclic amines) is 1. The Morgan fingerprint density at radius 2 is 1.90 bits per heavy atom. The average Bonchev–Trinajstić information content (AvgIpc) is 2.69. The van der Waals surface area contributed by atoms with Crippen molar-refractivity contribution in [3.63, 3.8) is 0 Å². The number of halogens is 2. The minimum absolute atomic E-state index is 0. The summed E-state index contributed by atoms with van der Waals surface area (Å²) in [5.41, 5.74) is 6.39. The predicted molar refractivity (Wildman–Crippen MR) is 87.9 cm³/mol. The van der Waals surface area contributed by atoms with Gasteiger partial charge in [-0.3, -0.25) is 4.79 Å². The maximum atomic E-state index is 12.6. The predicted octanol–water partition coefficient (Wildman–Crippen LogP) is 3.30. The lowest BCUT2D eigenvalue weighted by molar-refractivity contribution is -0.136. The number of hydrogen-bond acceptors (Lipinski definition) is 2. The lowest BCUT2D eigenvalue weighted by Gasteiger charge is -2.30. The molecule has 1 saturated heterocycles. The zero-order chi connectivity index (χ0) is 14.3. The normalized spacial score (nSPS) is 20.1. The molecule has 1 unspecified atom stereocenters. The van der Waals surface area contributed by atoms with Crippen molar-refractivity contribution in [2.75, 3.05) is 13.1 Å². The van der Waals surface area contributed by atoms with E-state index < -0.39 is 5.54 Å². The zero-order valence-electron chi connectivity index (χ0n) is 12.1. The van der Waals surface area contributed by atoms with E-state index in [1.165, 1.54) is 0 Å². The molecule has 1 atom stereocenters. The molecule has 0 aliphatic carbocycles. The molecule has 0 bridgehead atoms. The van der Waals surface area contributed by atoms with Crippen molar-refractivity contribution in [1.29, 1.82) is 0 Å². The van der Waals surface area contributed by atoms with Crippen LogP contribution in [-0.4, -0.2) is 23.9 Å². The SMILES string of the molecule is CC1(C)CCN(C(=O)C(C)(N)c2ccc(Br)cc2)C1.Cl. The summed E-state index contributed by atoms with van der Waals surface area (Å²) >= 11 is 3.39. The summed E-state index contributed by atoms with van der Waals surface area (Å²) in [6.45, 7) is 7.76. The van der Waals surface area contributed by atoms with Crippen LogP contribution in [0.5, 0.6) is 0 Å². The first-order valence-electron chi connectivity index (χ1n) is 6.57. The van der Waals surface area contributed by atoms with Gasteiger partial charge in [0.25, 0.3) is 0 Å². The highest BCUT2D eigenvalue weighted by molar-refractivity contribution is 9.10. The number of hydrogen-bond donors (Lipinski definition) is 1. The van der Waals surface area contributed by atoms with Gasteiger partial charge in [0.2, 0.25) is 5.91 Å². The first-order chi connectivity index (χ1) is 8.72. The molecule has 1 fully saturated rings. The Morgan fingerprint density at radius 3 is 2.35 bits per heavy atom. The van der Waals surface area contributed by atoms with Crippen LogP contribution in [0, 0.1) is 5.41 Å². The molecule has 1 heterocycles. The molecule has 2 rings (SSSR count). The van der Waals surface area contributed by atoms with Crippen molar-refractivity contribution in [1.82, 2.24) is 4.90 Å². The smallest absolute Gasteiger partial charge is 0.246 e. The van der Waals surface area contributed by atoms with Crippen LogP contribution in [0.3, 0.4) is 0 Å². The minimum Gasteiger partial charge on any atom is -0.340 e. The minimum atomic E-state index is -0.957. The topological polar surface area (TPSA) is 46.3 Å². The van der Waals surface area contributed by atoms with Crippen molar-refractivity contribution in [3.8, 4) is 0 Å². The Morgan fingerprint density at radius 1 is 1.35 bits per heavy atom. The third-order valence-corrected chi connectivity index (χ3v) is 4.38. The van der Waals surface area contributed by atoms with Crippen molar-refractivity contribution >= 4 is 34.2 Å². The van der Waals surface area contributed by atoms with Crippen molar-refractivity contribution in [3.05, 3.63) is 34.3 Å². The van der Waals surface area contributed by atoms with Gasteiger partial charge < -0.3 is 10.6 Å². The lowest BCUT2D eigenvalue weighted by atomic mass is 9.91. The third-order valence-electron chi connectivity index (χ3n) is 3.85. The zero-order valence-corrected chi connectivity index (χ0v) is 14.6. The molecule has 1 aliphatic heterocycles. The molecule has 1 amide bonds. The van der Waals surface area contributed by atoms with Gasteiger partial charge in [-0.15, -0.1) is 12.4 Å². The standard InChI is InChI=1S/C15H21BrN2O.ClH/c1-14(2)8-9-18(10-14)13(19)15(3,17)11-4-6-12(16)7-5-11;/h4-7H,8-10,17H2,1-3H3;1H. The summed E-state index contributed by atoms with van der Waals surface area (Å²) in [5, 5.41) is 0. The molecule has 0 aromatic heterocycles. The Hall–Kier alpha value is -0.580. The van der Waals surface area contributed by atoms with Gasteiger partial charge >= 0.3 is 0 Å². The summed E-state index contributed by atoms with van der Waals surface area (Å²) in [4.78, 5) is 14.5. The van der Waals surface area contributed by atoms with Crippen LogP contribution >= 0.6 is 28.3 Å². The monoisotopic (exact) mass is 360 g/mol. The molecule has 0 spiro atoms. The fraction of sp³-hybridized carbons (Fsp3) is 0.533. The molecular formula is C15H22BrClN2O. The van der Waals surface area contributed by atoms with E-state index in [0.717, 1.165) is 29.5 Å². The molecule has 5 heteroatoms. The number of nitrogens with zero attached hydrogens (tertiary/aromatic N) is 1. The highest BCUT2D eigenvalue weighted by atomic mass is 79.9. The third kappa shape index (κ3) is 3.54. The molecule has 3 nitrogen and oxygen atoms in total. The van der Waals surface area contributed by atoms with Gasteiger partial charge in [-0.1, -0.05) is 41.9 Å². The van der Waals surface area contributed by atoms with E-state index in [1.807, 2.05) is 29.2 Å². The van der Waals surface area contributed by atoms with Crippen molar-refractivity contribution in [2.45, 2.75) is 32.7 Å². The molecule has 1 aliphatic rings. The number of rotatable bonds is 2. The second-order valence-corrected chi connectivity index (χ2v) is 7.27. The first-order valence-corrected chi connectivity index (χ1v) is 7.36. The van der Waals surface area contributed by atoms with E-state index in [2.05, 4.69) is 29.8 Å². The second kappa shape index (κ2) is 6.04. The quantitative estimate of drug-likeness (QED) is 0.878. The number of benzene rings is 1. The lowest BCUT2D eigenvalue weighted by Crippen LogP contribution is -2.50. The van der Waals surface area contributed by atoms with Crippen LogP contribution in [0.4, 0.5) is 0 Å². The first kappa shape index (κ1) is 17.5. The van der Waals surface area contributed by atoms with Gasteiger partial charge in [0.05, 0.1) is 0 Å². The molecule has 0 saturated carbocycles. The van der Waals surface area contributed by atoms with Crippen LogP contribution in [0.1, 0.15) is 32.8 Å². The van der Waals surface area contributed by atoms with Crippen LogP contribution in [0.15, 0.2) is 28.7 Å². The van der Waals surface area contributed by atoms with Crippen LogP contribution < -0.4 is 5.73 Å². The van der Waals surface area contributed by atoms with E-state index in [0.29, 0.717) is 0 Å². The van der Waals surface area contributed by atoms with Crippen molar-refractivity contribution in [2.24, 2.45) is 11.1 Å². The van der Waals surface area contributed by atoms with E-state index in [-0.39, 0.29) is 23.7 Å². The van der Waals surface area contributed by atoms with Crippen LogP contribution in [0.2, 0.25) is 0 Å². The second-order valence-electron chi connectivity index (χ2n) is 6.35. The molecule has 112 valence electrons. The van der Waals surface area contributed by atoms with E-state index in [1.54, 1.807) is 6.92 Å². The van der Waals surface area contributed by atoms with Gasteiger partial charge in [0.15, 0.2) is 0 Å². The maximum Gasteiger partial charge on any atom is 0.246 e. The average molecular weight is 362 g/mol. The molecule has 1 aromatic rings. The number of nitrogens with two attached hydrogens (primary N) is 1. The summed E-state index contributed by atoms with van der Waals surface area (Å²) in [5.74, 6) is 0.0143. The van der Waals surface area contributed by atoms with Crippen LogP contribution in [-0.2, 0) is 10.3 Å². The largest absolute Gasteiger partial charge is 0.340 e. The fourth-order valence-corrected chi connectivity index (χ4v) is 2.80. The highest BCUT2D eigenvalue weighted by Crippen LogP contribution is 2.32. The van der Waals surface area contributed by atoms with Gasteiger partial charge in [-0.05, 0) is 36.5 Å². The Kier molecular flexibility index (Phi) is 5.28. The van der Waals surface area contributed by atoms with Gasteiger partial charge in [-0.25, -0.2) is 0 Å². The summed E-state index contributed by atoms with van der Waals surface area (Å²) < 4.78 is 0.988. The summed E-state index contributed by atoms with van der Waals surface area (Å²) in [6.07, 6.45) is 1.04. The Labute approximate surface area is 135 Å². The van der Waals surface area contributed by atoms with Gasteiger partial charge in [0.1, 0.15) is 5.54 Å². The number of carbonyl (C=O) groups is 1.